The number of nitrogens with one attached hydrogen (secondary N) is 1. The number of aromatic nitrogens is 1. The molecule has 126 valence electrons. The molecule has 24 heavy (non-hydrogen) atoms. The summed E-state index contributed by atoms with van der Waals surface area (Å²) in [4.78, 5) is 27.2. The molecule has 0 atom stereocenters. The van der Waals surface area contributed by atoms with Gasteiger partial charge < -0.3 is 9.47 Å². The first kappa shape index (κ1) is 17.4. The minimum absolute atomic E-state index is 0.116. The van der Waals surface area contributed by atoms with Crippen LogP contribution in [0.3, 0.4) is 0 Å². The third kappa shape index (κ3) is 3.69. The van der Waals surface area contributed by atoms with Crippen molar-refractivity contribution in [1.29, 1.82) is 0 Å². The molecule has 0 spiro atoms. The van der Waals surface area contributed by atoms with Crippen LogP contribution in [0, 0.1) is 0 Å². The number of benzene rings is 1. The molecule has 2 rings (SSSR count). The van der Waals surface area contributed by atoms with E-state index in [9.17, 15) is 18.0 Å². The average Bonchev–Trinajstić information content (AvgIpc) is 2.60. The molecule has 8 nitrogen and oxygen atoms in total. The molecule has 0 saturated heterocycles. The number of carbonyl (C=O) groups excluding carboxylic acids is 2. The molecule has 0 aliphatic rings. The van der Waals surface area contributed by atoms with E-state index in [4.69, 9.17) is 4.74 Å². The van der Waals surface area contributed by atoms with Gasteiger partial charge in [0.05, 0.1) is 26.0 Å². The lowest BCUT2D eigenvalue weighted by atomic mass is 10.2. The lowest BCUT2D eigenvalue weighted by Gasteiger charge is -2.10. The van der Waals surface area contributed by atoms with Gasteiger partial charge in [0.1, 0.15) is 16.3 Å². The van der Waals surface area contributed by atoms with Crippen LogP contribution in [-0.2, 0) is 14.8 Å². The van der Waals surface area contributed by atoms with Crippen LogP contribution in [0.15, 0.2) is 47.5 Å². The maximum atomic E-state index is 12.4. The zero-order chi connectivity index (χ0) is 17.7. The Kier molecular flexibility index (Phi) is 5.14. The SMILES string of the molecule is COC(=O)c1ccccc1S(=O)(=O)NC(=O)c1ccc(OC)cn1. The molecule has 0 bridgehead atoms. The van der Waals surface area contributed by atoms with Crippen molar-refractivity contribution in [2.24, 2.45) is 0 Å². The number of sulfonamides is 1. The van der Waals surface area contributed by atoms with Crippen molar-refractivity contribution in [2.75, 3.05) is 14.2 Å². The molecule has 2 aromatic rings. The van der Waals surface area contributed by atoms with Crippen molar-refractivity contribution >= 4 is 21.9 Å². The molecule has 1 amide bonds. The van der Waals surface area contributed by atoms with Gasteiger partial charge in [0, 0.05) is 0 Å². The summed E-state index contributed by atoms with van der Waals surface area (Å²) in [7, 11) is -1.71. The molecule has 0 radical (unpaired) electrons. The van der Waals surface area contributed by atoms with E-state index in [1.165, 1.54) is 49.7 Å². The number of amides is 1. The largest absolute Gasteiger partial charge is 0.495 e. The standard InChI is InChI=1S/C15H14N2O6S/c1-22-10-7-8-12(16-9-10)14(18)17-24(20,21)13-6-4-3-5-11(13)15(19)23-2/h3-9H,1-2H3,(H,17,18). The van der Waals surface area contributed by atoms with E-state index in [2.05, 4.69) is 9.72 Å². The highest BCUT2D eigenvalue weighted by molar-refractivity contribution is 7.90. The lowest BCUT2D eigenvalue weighted by molar-refractivity contribution is 0.0596. The Bertz CT molecular complexity index is 862. The molecule has 0 aliphatic carbocycles. The van der Waals surface area contributed by atoms with Crippen LogP contribution >= 0.6 is 0 Å². The Balaban J connectivity index is 2.31. The highest BCUT2D eigenvalue weighted by Crippen LogP contribution is 2.17. The Morgan fingerprint density at radius 2 is 1.79 bits per heavy atom. The van der Waals surface area contributed by atoms with Crippen LogP contribution in [-0.4, -0.2) is 39.5 Å². The van der Waals surface area contributed by atoms with E-state index in [-0.39, 0.29) is 16.2 Å². The van der Waals surface area contributed by atoms with Crippen molar-refractivity contribution in [3.05, 3.63) is 53.9 Å². The Labute approximate surface area is 138 Å². The number of nitrogens with zero attached hydrogens (tertiary/aromatic N) is 1. The number of pyridine rings is 1. The van der Waals surface area contributed by atoms with Crippen molar-refractivity contribution in [3.63, 3.8) is 0 Å². The Morgan fingerprint density at radius 3 is 2.38 bits per heavy atom. The molecule has 1 aromatic heterocycles. The quantitative estimate of drug-likeness (QED) is 0.801. The maximum absolute atomic E-state index is 12.4. The first-order chi connectivity index (χ1) is 11.4. The molecular weight excluding hydrogens is 336 g/mol. The number of esters is 1. The van der Waals surface area contributed by atoms with Gasteiger partial charge in [-0.05, 0) is 24.3 Å². The van der Waals surface area contributed by atoms with Gasteiger partial charge in [0.25, 0.3) is 15.9 Å². The fraction of sp³-hybridized carbons (Fsp3) is 0.133. The van der Waals surface area contributed by atoms with Crippen LogP contribution in [0.25, 0.3) is 0 Å². The number of carbonyl (C=O) groups is 2. The van der Waals surface area contributed by atoms with Gasteiger partial charge in [-0.25, -0.2) is 22.9 Å². The summed E-state index contributed by atoms with van der Waals surface area (Å²) in [5.74, 6) is -1.34. The van der Waals surface area contributed by atoms with Gasteiger partial charge in [-0.3, -0.25) is 4.79 Å². The predicted octanol–water partition coefficient (Wildman–Crippen LogP) is 0.996. The second-order valence-corrected chi connectivity index (χ2v) is 6.16. The fourth-order valence-electron chi connectivity index (χ4n) is 1.84. The first-order valence-corrected chi connectivity index (χ1v) is 8.12. The average molecular weight is 350 g/mol. The summed E-state index contributed by atoms with van der Waals surface area (Å²) in [6.45, 7) is 0. The maximum Gasteiger partial charge on any atom is 0.339 e. The molecule has 0 unspecified atom stereocenters. The van der Waals surface area contributed by atoms with Crippen LogP contribution in [0.1, 0.15) is 20.8 Å². The summed E-state index contributed by atoms with van der Waals surface area (Å²) in [5.41, 5.74) is -0.294. The van der Waals surface area contributed by atoms with Gasteiger partial charge in [-0.15, -0.1) is 0 Å². The summed E-state index contributed by atoms with van der Waals surface area (Å²) in [6.07, 6.45) is 1.28. The minimum atomic E-state index is -4.28. The van der Waals surface area contributed by atoms with Gasteiger partial charge >= 0.3 is 5.97 Å². The second kappa shape index (κ2) is 7.09. The molecular formula is C15H14N2O6S. The fourth-order valence-corrected chi connectivity index (χ4v) is 3.00. The monoisotopic (exact) mass is 350 g/mol. The second-order valence-electron chi connectivity index (χ2n) is 4.51. The molecule has 0 fully saturated rings. The summed E-state index contributed by atoms with van der Waals surface area (Å²) in [5, 5.41) is 0. The normalized spacial score (nSPS) is 10.8. The topological polar surface area (TPSA) is 112 Å². The van der Waals surface area contributed by atoms with Crippen LogP contribution < -0.4 is 9.46 Å². The number of methoxy groups -OCH3 is 2. The zero-order valence-corrected chi connectivity index (χ0v) is 13.7. The summed E-state index contributed by atoms with van der Waals surface area (Å²) < 4.78 is 36.1. The summed E-state index contributed by atoms with van der Waals surface area (Å²) >= 11 is 0. The van der Waals surface area contributed by atoms with Crippen LogP contribution in [0.2, 0.25) is 0 Å². The number of rotatable bonds is 5. The number of hydrogen-bond acceptors (Lipinski definition) is 7. The Morgan fingerprint density at radius 1 is 1.08 bits per heavy atom. The van der Waals surface area contributed by atoms with Gasteiger partial charge in [-0.1, -0.05) is 12.1 Å². The third-order valence-electron chi connectivity index (χ3n) is 3.01. The van der Waals surface area contributed by atoms with Gasteiger partial charge in [0.15, 0.2) is 0 Å². The number of ether oxygens (including phenoxy) is 2. The van der Waals surface area contributed by atoms with E-state index in [0.717, 1.165) is 7.11 Å². The zero-order valence-electron chi connectivity index (χ0n) is 12.8. The van der Waals surface area contributed by atoms with Gasteiger partial charge in [-0.2, -0.15) is 0 Å². The Hall–Kier alpha value is -2.94. The highest BCUT2D eigenvalue weighted by Gasteiger charge is 2.25. The van der Waals surface area contributed by atoms with E-state index in [1.54, 1.807) is 0 Å². The number of hydrogen-bond donors (Lipinski definition) is 1. The molecule has 1 N–H and O–H groups in total. The minimum Gasteiger partial charge on any atom is -0.495 e. The molecule has 1 aromatic carbocycles. The first-order valence-electron chi connectivity index (χ1n) is 6.63. The highest BCUT2D eigenvalue weighted by atomic mass is 32.2. The lowest BCUT2D eigenvalue weighted by Crippen LogP contribution is -2.32. The van der Waals surface area contributed by atoms with E-state index < -0.39 is 21.9 Å². The molecule has 0 aliphatic heterocycles. The van der Waals surface area contributed by atoms with Crippen molar-refractivity contribution in [2.45, 2.75) is 4.90 Å². The van der Waals surface area contributed by atoms with E-state index in [0.29, 0.717) is 5.75 Å². The van der Waals surface area contributed by atoms with E-state index in [1.807, 2.05) is 4.72 Å². The van der Waals surface area contributed by atoms with Gasteiger partial charge in [0.2, 0.25) is 0 Å². The predicted molar refractivity (Wildman–Crippen MR) is 83.2 cm³/mol. The third-order valence-corrected chi connectivity index (χ3v) is 4.40. The summed E-state index contributed by atoms with van der Waals surface area (Å²) in [6, 6.07) is 8.18. The smallest absolute Gasteiger partial charge is 0.339 e. The molecule has 1 heterocycles. The molecule has 0 saturated carbocycles. The van der Waals surface area contributed by atoms with Crippen molar-refractivity contribution < 1.29 is 27.5 Å². The van der Waals surface area contributed by atoms with Crippen molar-refractivity contribution in [3.8, 4) is 5.75 Å². The van der Waals surface area contributed by atoms with Crippen molar-refractivity contribution in [1.82, 2.24) is 9.71 Å². The van der Waals surface area contributed by atoms with Crippen LogP contribution in [0.5, 0.6) is 5.75 Å². The van der Waals surface area contributed by atoms with E-state index >= 15 is 0 Å². The molecule has 9 heteroatoms. The van der Waals surface area contributed by atoms with Crippen LogP contribution in [0.4, 0.5) is 0 Å².